The molecule has 1 amide bonds. The monoisotopic (exact) mass is 327 g/mol. The van der Waals surface area contributed by atoms with Crippen molar-refractivity contribution in [3.8, 4) is 11.5 Å². The summed E-state index contributed by atoms with van der Waals surface area (Å²) in [6.45, 7) is 0. The van der Waals surface area contributed by atoms with Crippen LogP contribution in [-0.4, -0.2) is 30.1 Å². The van der Waals surface area contributed by atoms with Crippen molar-refractivity contribution < 1.29 is 14.3 Å². The van der Waals surface area contributed by atoms with E-state index in [4.69, 9.17) is 9.47 Å². The molecule has 0 fully saturated rings. The number of ether oxygens (including phenoxy) is 2. The fourth-order valence-electron chi connectivity index (χ4n) is 2.47. The smallest absolute Gasteiger partial charge is 0.323 e. The van der Waals surface area contributed by atoms with Crippen molar-refractivity contribution in [1.82, 2.24) is 9.97 Å². The molecule has 0 aliphatic carbocycles. The molecule has 2 aromatic carbocycles. The van der Waals surface area contributed by atoms with Gasteiger partial charge in [-0.1, -0.05) is 6.07 Å². The molecule has 0 unspecified atom stereocenters. The van der Waals surface area contributed by atoms with Gasteiger partial charge in [0.15, 0.2) is 0 Å². The van der Waals surface area contributed by atoms with Gasteiger partial charge in [-0.3, -0.25) is 4.79 Å². The normalized spacial score (nSPS) is 10.6. The van der Waals surface area contributed by atoms with Gasteiger partial charge in [-0.05, 0) is 29.8 Å². The number of imidazole rings is 1. The van der Waals surface area contributed by atoms with E-state index in [2.05, 4.69) is 15.3 Å². The zero-order valence-corrected chi connectivity index (χ0v) is 13.3. The highest BCUT2D eigenvalue weighted by molar-refractivity contribution is 5.94. The molecule has 0 bridgehead atoms. The van der Waals surface area contributed by atoms with Crippen molar-refractivity contribution in [3.63, 3.8) is 0 Å². The second-order valence-electron chi connectivity index (χ2n) is 5.25. The number of benzene rings is 2. The lowest BCUT2D eigenvalue weighted by atomic mass is 10.1. The number of aromatic amines is 2. The zero-order chi connectivity index (χ0) is 17.1. The molecule has 7 nitrogen and oxygen atoms in total. The Hall–Kier alpha value is -3.22. The van der Waals surface area contributed by atoms with Crippen LogP contribution in [0, 0.1) is 0 Å². The van der Waals surface area contributed by atoms with Gasteiger partial charge in [0, 0.05) is 6.07 Å². The molecule has 0 atom stereocenters. The highest BCUT2D eigenvalue weighted by atomic mass is 16.5. The number of carbonyl (C=O) groups is 1. The maximum atomic E-state index is 12.3. The molecule has 3 aromatic rings. The maximum absolute atomic E-state index is 12.3. The standard InChI is InChI=1S/C17H17N3O4/c1-23-11-4-6-13(15(9-11)24-2)18-16(21)8-10-3-5-12-14(7-10)20-17(22)19-12/h3-7,9H,8H2,1-2H3,(H,18,21)(H2,19,20,22). The van der Waals surface area contributed by atoms with E-state index in [1.54, 1.807) is 43.5 Å². The predicted octanol–water partition coefficient (Wildman–Crippen LogP) is 2.05. The molecule has 124 valence electrons. The number of hydrogen-bond donors (Lipinski definition) is 3. The summed E-state index contributed by atoms with van der Waals surface area (Å²) in [5.41, 5.74) is 2.48. The number of aromatic nitrogens is 2. The summed E-state index contributed by atoms with van der Waals surface area (Å²) in [7, 11) is 3.09. The lowest BCUT2D eigenvalue weighted by molar-refractivity contribution is -0.115. The largest absolute Gasteiger partial charge is 0.497 e. The molecule has 0 spiro atoms. The quantitative estimate of drug-likeness (QED) is 0.668. The van der Waals surface area contributed by atoms with Crippen LogP contribution in [0.5, 0.6) is 11.5 Å². The molecule has 7 heteroatoms. The summed E-state index contributed by atoms with van der Waals surface area (Å²) in [6, 6.07) is 10.5. The Bertz CT molecular complexity index is 942. The molecular formula is C17H17N3O4. The van der Waals surface area contributed by atoms with Crippen molar-refractivity contribution in [2.45, 2.75) is 6.42 Å². The summed E-state index contributed by atoms with van der Waals surface area (Å²) >= 11 is 0. The average molecular weight is 327 g/mol. The van der Waals surface area contributed by atoms with Crippen LogP contribution in [0.1, 0.15) is 5.56 Å². The number of fused-ring (bicyclic) bond motifs is 1. The lowest BCUT2D eigenvalue weighted by Crippen LogP contribution is -2.15. The maximum Gasteiger partial charge on any atom is 0.323 e. The van der Waals surface area contributed by atoms with Crippen LogP contribution in [0.25, 0.3) is 11.0 Å². The van der Waals surface area contributed by atoms with E-state index >= 15 is 0 Å². The minimum absolute atomic E-state index is 0.179. The fourth-order valence-corrected chi connectivity index (χ4v) is 2.47. The Morgan fingerprint density at radius 1 is 1.04 bits per heavy atom. The number of H-pyrrole nitrogens is 2. The second-order valence-corrected chi connectivity index (χ2v) is 5.25. The minimum Gasteiger partial charge on any atom is -0.497 e. The van der Waals surface area contributed by atoms with Crippen molar-refractivity contribution in [1.29, 1.82) is 0 Å². The molecule has 0 aliphatic rings. The molecule has 0 radical (unpaired) electrons. The Kier molecular flexibility index (Phi) is 4.24. The third-order valence-corrected chi connectivity index (χ3v) is 3.63. The topological polar surface area (TPSA) is 96.2 Å². The first kappa shape index (κ1) is 15.7. The molecule has 3 N–H and O–H groups in total. The highest BCUT2D eigenvalue weighted by Crippen LogP contribution is 2.29. The first-order valence-electron chi connectivity index (χ1n) is 7.32. The first-order valence-corrected chi connectivity index (χ1v) is 7.32. The predicted molar refractivity (Wildman–Crippen MR) is 90.8 cm³/mol. The minimum atomic E-state index is -0.269. The fraction of sp³-hybridized carbons (Fsp3) is 0.176. The van der Waals surface area contributed by atoms with Crippen LogP contribution < -0.4 is 20.5 Å². The molecule has 3 rings (SSSR count). The third-order valence-electron chi connectivity index (χ3n) is 3.63. The Morgan fingerprint density at radius 3 is 2.58 bits per heavy atom. The van der Waals surface area contributed by atoms with Crippen LogP contribution in [-0.2, 0) is 11.2 Å². The van der Waals surface area contributed by atoms with Crippen molar-refractivity contribution in [2.24, 2.45) is 0 Å². The van der Waals surface area contributed by atoms with Gasteiger partial charge in [-0.15, -0.1) is 0 Å². The number of methoxy groups -OCH3 is 2. The van der Waals surface area contributed by atoms with Crippen molar-refractivity contribution in [3.05, 3.63) is 52.4 Å². The zero-order valence-electron chi connectivity index (χ0n) is 13.3. The number of rotatable bonds is 5. The summed E-state index contributed by atoms with van der Waals surface area (Å²) in [5.74, 6) is 0.982. The highest BCUT2D eigenvalue weighted by Gasteiger charge is 2.10. The van der Waals surface area contributed by atoms with Gasteiger partial charge in [0.25, 0.3) is 0 Å². The summed E-state index contributed by atoms with van der Waals surface area (Å²) in [4.78, 5) is 28.9. The van der Waals surface area contributed by atoms with Crippen LogP contribution >= 0.6 is 0 Å². The van der Waals surface area contributed by atoms with E-state index in [-0.39, 0.29) is 18.0 Å². The Labute approximate surface area is 137 Å². The molecule has 1 aromatic heterocycles. The van der Waals surface area contributed by atoms with Gasteiger partial charge in [0.2, 0.25) is 5.91 Å². The van der Waals surface area contributed by atoms with Crippen molar-refractivity contribution in [2.75, 3.05) is 19.5 Å². The number of anilines is 1. The van der Waals surface area contributed by atoms with E-state index in [0.29, 0.717) is 28.2 Å². The van der Waals surface area contributed by atoms with Gasteiger partial charge in [-0.2, -0.15) is 0 Å². The van der Waals surface area contributed by atoms with Crippen LogP contribution in [0.4, 0.5) is 5.69 Å². The number of nitrogens with one attached hydrogen (secondary N) is 3. The van der Waals surface area contributed by atoms with E-state index in [9.17, 15) is 9.59 Å². The van der Waals surface area contributed by atoms with Crippen LogP contribution in [0.3, 0.4) is 0 Å². The van der Waals surface area contributed by atoms with Gasteiger partial charge >= 0.3 is 5.69 Å². The van der Waals surface area contributed by atoms with E-state index in [0.717, 1.165) is 5.56 Å². The molecule has 1 heterocycles. The summed E-state index contributed by atoms with van der Waals surface area (Å²) < 4.78 is 10.4. The Balaban J connectivity index is 1.75. The summed E-state index contributed by atoms with van der Waals surface area (Å²) in [6.07, 6.45) is 0.179. The first-order chi connectivity index (χ1) is 11.6. The van der Waals surface area contributed by atoms with E-state index in [1.165, 1.54) is 7.11 Å². The number of carbonyl (C=O) groups excluding carboxylic acids is 1. The van der Waals surface area contributed by atoms with E-state index < -0.39 is 0 Å². The molecule has 0 saturated heterocycles. The van der Waals surface area contributed by atoms with Gasteiger partial charge in [-0.25, -0.2) is 4.79 Å². The second kappa shape index (κ2) is 6.49. The Morgan fingerprint density at radius 2 is 1.83 bits per heavy atom. The van der Waals surface area contributed by atoms with Gasteiger partial charge in [0.05, 0.1) is 37.4 Å². The molecule has 0 saturated carbocycles. The summed E-state index contributed by atoms with van der Waals surface area (Å²) in [5, 5.41) is 2.82. The van der Waals surface area contributed by atoms with Gasteiger partial charge < -0.3 is 24.8 Å². The van der Waals surface area contributed by atoms with Crippen LogP contribution in [0.2, 0.25) is 0 Å². The molecule has 24 heavy (non-hydrogen) atoms. The molecular weight excluding hydrogens is 310 g/mol. The van der Waals surface area contributed by atoms with Crippen molar-refractivity contribution >= 4 is 22.6 Å². The van der Waals surface area contributed by atoms with Gasteiger partial charge in [0.1, 0.15) is 11.5 Å². The molecule has 0 aliphatic heterocycles. The third kappa shape index (κ3) is 3.24. The van der Waals surface area contributed by atoms with Crippen LogP contribution in [0.15, 0.2) is 41.2 Å². The number of amides is 1. The average Bonchev–Trinajstić information content (AvgIpc) is 2.94. The van der Waals surface area contributed by atoms with E-state index in [1.807, 2.05) is 0 Å². The number of hydrogen-bond acceptors (Lipinski definition) is 4. The lowest BCUT2D eigenvalue weighted by Gasteiger charge is -2.11. The SMILES string of the molecule is COc1ccc(NC(=O)Cc2ccc3[nH]c(=O)[nH]c3c2)c(OC)c1.